The maximum atomic E-state index is 9.23. The first-order valence-electron chi connectivity index (χ1n) is 4.08. The van der Waals surface area contributed by atoms with Gasteiger partial charge in [-0.05, 0) is 18.2 Å². The predicted molar refractivity (Wildman–Crippen MR) is 49.2 cm³/mol. The molecule has 0 saturated carbocycles. The van der Waals surface area contributed by atoms with Gasteiger partial charge < -0.3 is 15.5 Å². The smallest absolute Gasteiger partial charge is 0.158 e. The maximum Gasteiger partial charge on any atom is 0.158 e. The Balaban J connectivity index is 2.36. The van der Waals surface area contributed by atoms with E-state index < -0.39 is 0 Å². The Morgan fingerprint density at radius 3 is 2.69 bits per heavy atom. The topological polar surface area (TPSA) is 64.9 Å². The van der Waals surface area contributed by atoms with Gasteiger partial charge >= 0.3 is 0 Å². The Labute approximate surface area is 75.6 Å². The molecule has 0 radical (unpaired) electrons. The van der Waals surface area contributed by atoms with Crippen molar-refractivity contribution in [3.05, 3.63) is 23.8 Å². The van der Waals surface area contributed by atoms with Gasteiger partial charge in [0.1, 0.15) is 5.84 Å². The lowest BCUT2D eigenvalue weighted by atomic mass is 10.2. The first-order valence-corrected chi connectivity index (χ1v) is 4.08. The van der Waals surface area contributed by atoms with Crippen LogP contribution >= 0.6 is 0 Å². The maximum absolute atomic E-state index is 9.23. The van der Waals surface area contributed by atoms with Crippen molar-refractivity contribution in [2.24, 2.45) is 4.99 Å². The Morgan fingerprint density at radius 2 is 2.08 bits per heavy atom. The summed E-state index contributed by atoms with van der Waals surface area (Å²) >= 11 is 0. The SMILES string of the molecule is Oc1ccc(C2=NCCN2)cc1O. The molecule has 3 N–H and O–H groups in total. The zero-order valence-corrected chi connectivity index (χ0v) is 6.99. The summed E-state index contributed by atoms with van der Waals surface area (Å²) < 4.78 is 0. The van der Waals surface area contributed by atoms with E-state index >= 15 is 0 Å². The molecule has 0 spiro atoms. The van der Waals surface area contributed by atoms with E-state index in [1.54, 1.807) is 6.07 Å². The van der Waals surface area contributed by atoms with Gasteiger partial charge in [0.15, 0.2) is 11.5 Å². The second-order valence-electron chi connectivity index (χ2n) is 2.86. The molecule has 0 unspecified atom stereocenters. The third-order valence-corrected chi connectivity index (χ3v) is 1.92. The Bertz CT molecular complexity index is 361. The highest BCUT2D eigenvalue weighted by molar-refractivity contribution is 6.00. The fourth-order valence-corrected chi connectivity index (χ4v) is 1.26. The summed E-state index contributed by atoms with van der Waals surface area (Å²) in [6.07, 6.45) is 0. The second-order valence-corrected chi connectivity index (χ2v) is 2.86. The molecular formula is C9H10N2O2. The summed E-state index contributed by atoms with van der Waals surface area (Å²) in [6.45, 7) is 1.59. The van der Waals surface area contributed by atoms with Crippen LogP contribution in [0.25, 0.3) is 0 Å². The monoisotopic (exact) mass is 178 g/mol. The summed E-state index contributed by atoms with van der Waals surface area (Å²) in [5.74, 6) is 0.548. The molecule has 4 heteroatoms. The van der Waals surface area contributed by atoms with E-state index in [0.29, 0.717) is 0 Å². The highest BCUT2D eigenvalue weighted by atomic mass is 16.3. The average Bonchev–Trinajstić information content (AvgIpc) is 2.62. The van der Waals surface area contributed by atoms with E-state index in [-0.39, 0.29) is 11.5 Å². The van der Waals surface area contributed by atoms with Gasteiger partial charge in [-0.2, -0.15) is 0 Å². The molecule has 1 heterocycles. The van der Waals surface area contributed by atoms with Crippen LogP contribution in [0.5, 0.6) is 11.5 Å². The van der Waals surface area contributed by atoms with Gasteiger partial charge in [-0.1, -0.05) is 0 Å². The van der Waals surface area contributed by atoms with Crippen molar-refractivity contribution in [1.29, 1.82) is 0 Å². The van der Waals surface area contributed by atoms with Crippen molar-refractivity contribution < 1.29 is 10.2 Å². The van der Waals surface area contributed by atoms with Crippen LogP contribution in [0.4, 0.5) is 0 Å². The minimum absolute atomic E-state index is 0.109. The molecule has 1 aromatic rings. The van der Waals surface area contributed by atoms with E-state index in [1.165, 1.54) is 12.1 Å². The Morgan fingerprint density at radius 1 is 1.23 bits per heavy atom. The van der Waals surface area contributed by atoms with Crippen molar-refractivity contribution in [3.63, 3.8) is 0 Å². The van der Waals surface area contributed by atoms with Crippen LogP contribution in [-0.4, -0.2) is 29.1 Å². The first-order chi connectivity index (χ1) is 6.27. The minimum atomic E-state index is -0.117. The molecule has 1 aliphatic rings. The molecule has 0 amide bonds. The first kappa shape index (κ1) is 7.91. The molecule has 2 rings (SSSR count). The van der Waals surface area contributed by atoms with Gasteiger partial charge in [0.2, 0.25) is 0 Å². The van der Waals surface area contributed by atoms with Crippen LogP contribution in [0.1, 0.15) is 5.56 Å². The Kier molecular flexibility index (Phi) is 1.81. The highest BCUT2D eigenvalue weighted by Crippen LogP contribution is 2.25. The highest BCUT2D eigenvalue weighted by Gasteiger charge is 2.09. The van der Waals surface area contributed by atoms with Crippen LogP contribution in [0.2, 0.25) is 0 Å². The fourth-order valence-electron chi connectivity index (χ4n) is 1.26. The molecule has 4 nitrogen and oxygen atoms in total. The summed E-state index contributed by atoms with van der Waals surface area (Å²) in [7, 11) is 0. The summed E-state index contributed by atoms with van der Waals surface area (Å²) in [5.41, 5.74) is 0.799. The molecule has 1 aromatic carbocycles. The van der Waals surface area contributed by atoms with E-state index in [1.807, 2.05) is 0 Å². The number of benzene rings is 1. The van der Waals surface area contributed by atoms with Gasteiger partial charge in [0.05, 0.1) is 6.54 Å². The summed E-state index contributed by atoms with van der Waals surface area (Å²) in [5, 5.41) is 21.4. The number of amidine groups is 1. The molecule has 0 fully saturated rings. The number of aliphatic imine (C=N–C) groups is 1. The largest absolute Gasteiger partial charge is 0.504 e. The van der Waals surface area contributed by atoms with Crippen LogP contribution in [0, 0.1) is 0 Å². The molecule has 0 saturated heterocycles. The normalized spacial score (nSPS) is 15.2. The van der Waals surface area contributed by atoms with Crippen molar-refractivity contribution in [2.75, 3.05) is 13.1 Å². The molecule has 68 valence electrons. The van der Waals surface area contributed by atoms with E-state index in [0.717, 1.165) is 24.5 Å². The Hall–Kier alpha value is -1.71. The average molecular weight is 178 g/mol. The van der Waals surface area contributed by atoms with Crippen molar-refractivity contribution >= 4 is 5.84 Å². The third-order valence-electron chi connectivity index (χ3n) is 1.92. The van der Waals surface area contributed by atoms with Crippen LogP contribution in [0.15, 0.2) is 23.2 Å². The molecule has 13 heavy (non-hydrogen) atoms. The van der Waals surface area contributed by atoms with Crippen LogP contribution in [0.3, 0.4) is 0 Å². The zero-order valence-electron chi connectivity index (χ0n) is 6.99. The molecule has 0 aromatic heterocycles. The fraction of sp³-hybridized carbons (Fsp3) is 0.222. The van der Waals surface area contributed by atoms with Crippen molar-refractivity contribution in [2.45, 2.75) is 0 Å². The standard InChI is InChI=1S/C9H10N2O2/c12-7-2-1-6(5-8(7)13)9-10-3-4-11-9/h1-2,5,12-13H,3-4H2,(H,10,11). The van der Waals surface area contributed by atoms with Gasteiger partial charge in [0.25, 0.3) is 0 Å². The minimum Gasteiger partial charge on any atom is -0.504 e. The summed E-state index contributed by atoms with van der Waals surface area (Å²) in [6, 6.07) is 4.66. The van der Waals surface area contributed by atoms with Gasteiger partial charge in [-0.15, -0.1) is 0 Å². The van der Waals surface area contributed by atoms with E-state index in [4.69, 9.17) is 5.11 Å². The van der Waals surface area contributed by atoms with Gasteiger partial charge in [0, 0.05) is 12.1 Å². The lowest BCUT2D eigenvalue weighted by Gasteiger charge is -2.03. The third kappa shape index (κ3) is 1.42. The predicted octanol–water partition coefficient (Wildman–Crippen LogP) is 0.448. The van der Waals surface area contributed by atoms with E-state index in [9.17, 15) is 5.11 Å². The van der Waals surface area contributed by atoms with Crippen molar-refractivity contribution in [1.82, 2.24) is 5.32 Å². The number of hydrogen-bond acceptors (Lipinski definition) is 4. The second kappa shape index (κ2) is 2.97. The molecule has 0 bridgehead atoms. The van der Waals surface area contributed by atoms with Gasteiger partial charge in [-0.3, -0.25) is 4.99 Å². The van der Waals surface area contributed by atoms with E-state index in [2.05, 4.69) is 10.3 Å². The van der Waals surface area contributed by atoms with Gasteiger partial charge in [-0.25, -0.2) is 0 Å². The molecular weight excluding hydrogens is 168 g/mol. The molecule has 0 atom stereocenters. The number of rotatable bonds is 1. The quantitative estimate of drug-likeness (QED) is 0.547. The van der Waals surface area contributed by atoms with Crippen LogP contribution < -0.4 is 5.32 Å². The number of phenols is 2. The number of nitrogens with zero attached hydrogens (tertiary/aromatic N) is 1. The van der Waals surface area contributed by atoms with Crippen LogP contribution in [-0.2, 0) is 0 Å². The molecule has 1 aliphatic heterocycles. The van der Waals surface area contributed by atoms with Crippen molar-refractivity contribution in [3.8, 4) is 11.5 Å². The lowest BCUT2D eigenvalue weighted by Crippen LogP contribution is -2.19. The number of phenolic OH excluding ortho intramolecular Hbond substituents is 2. The zero-order chi connectivity index (χ0) is 9.26. The lowest BCUT2D eigenvalue weighted by molar-refractivity contribution is 0.403. The molecule has 0 aliphatic carbocycles. The number of aromatic hydroxyl groups is 2. The number of hydrogen-bond donors (Lipinski definition) is 3. The summed E-state index contributed by atoms with van der Waals surface area (Å²) in [4.78, 5) is 4.19. The number of nitrogens with one attached hydrogen (secondary N) is 1.